The minimum atomic E-state index is -1.59. The normalized spacial score (nSPS) is 17.8. The van der Waals surface area contributed by atoms with Gasteiger partial charge in [-0.15, -0.1) is 0 Å². The number of methoxy groups -OCH3 is 1. The number of hydrogen-bond acceptors (Lipinski definition) is 7. The highest BCUT2D eigenvalue weighted by molar-refractivity contribution is 6.06. The minimum Gasteiger partial charge on any atom is -0.507 e. The standard InChI is InChI=1S/C26H30O7/c1-14(2)6-5-7-15(3)8-10-17-19(28)13-21-22(23(17)29)24(30)25(31)26(33-21)16-9-11-18(27)20(12-16)32-4/h6,8-9,11-13,25-29,31H,5,7,10H2,1-4H3/b15-8+/t25-,26-/m0/s1. The van der Waals surface area contributed by atoms with Crippen molar-refractivity contribution in [3.63, 3.8) is 0 Å². The predicted octanol–water partition coefficient (Wildman–Crippen LogP) is 4.72. The molecule has 1 aliphatic rings. The van der Waals surface area contributed by atoms with E-state index in [0.29, 0.717) is 5.56 Å². The lowest BCUT2D eigenvalue weighted by atomic mass is 9.90. The molecule has 0 amide bonds. The highest BCUT2D eigenvalue weighted by Crippen LogP contribution is 2.45. The number of Topliss-reactive ketones (excluding diaryl/α,β-unsaturated/α-hetero) is 1. The smallest absolute Gasteiger partial charge is 0.202 e. The molecular formula is C26H30O7. The van der Waals surface area contributed by atoms with E-state index >= 15 is 0 Å². The first-order valence-corrected chi connectivity index (χ1v) is 10.8. The minimum absolute atomic E-state index is 0.0228. The van der Waals surface area contributed by atoms with Crippen LogP contribution in [0.5, 0.6) is 28.7 Å². The Morgan fingerprint density at radius 3 is 2.48 bits per heavy atom. The number of aliphatic hydroxyl groups excluding tert-OH is 1. The Labute approximate surface area is 193 Å². The Balaban J connectivity index is 1.90. The zero-order valence-corrected chi connectivity index (χ0v) is 19.3. The van der Waals surface area contributed by atoms with Crippen molar-refractivity contribution in [3.8, 4) is 28.7 Å². The number of aliphatic hydroxyl groups is 1. The van der Waals surface area contributed by atoms with Gasteiger partial charge in [0.2, 0.25) is 5.78 Å². The number of rotatable bonds is 7. The summed E-state index contributed by atoms with van der Waals surface area (Å²) >= 11 is 0. The zero-order valence-electron chi connectivity index (χ0n) is 19.3. The second-order valence-electron chi connectivity index (χ2n) is 8.45. The van der Waals surface area contributed by atoms with Gasteiger partial charge in [-0.3, -0.25) is 4.79 Å². The summed E-state index contributed by atoms with van der Waals surface area (Å²) in [6, 6.07) is 5.61. The molecule has 2 aromatic rings. The van der Waals surface area contributed by atoms with Crippen LogP contribution in [0, 0.1) is 0 Å². The summed E-state index contributed by atoms with van der Waals surface area (Å²) in [7, 11) is 1.38. The molecule has 2 atom stereocenters. The molecule has 3 rings (SSSR count). The van der Waals surface area contributed by atoms with E-state index in [1.54, 1.807) is 0 Å². The van der Waals surface area contributed by atoms with E-state index in [2.05, 4.69) is 6.08 Å². The maximum Gasteiger partial charge on any atom is 0.202 e. The molecule has 7 nitrogen and oxygen atoms in total. The second kappa shape index (κ2) is 10.0. The van der Waals surface area contributed by atoms with Gasteiger partial charge in [0.25, 0.3) is 0 Å². The molecule has 0 spiro atoms. The highest BCUT2D eigenvalue weighted by atomic mass is 16.5. The van der Waals surface area contributed by atoms with E-state index in [4.69, 9.17) is 9.47 Å². The number of ether oxygens (including phenoxy) is 2. The molecule has 33 heavy (non-hydrogen) atoms. The van der Waals surface area contributed by atoms with E-state index in [0.717, 1.165) is 18.4 Å². The van der Waals surface area contributed by atoms with E-state index < -0.39 is 23.7 Å². The maximum atomic E-state index is 13.0. The summed E-state index contributed by atoms with van der Waals surface area (Å²) in [6.45, 7) is 6.05. The first kappa shape index (κ1) is 24.2. The van der Waals surface area contributed by atoms with Gasteiger partial charge in [0.15, 0.2) is 23.7 Å². The third-order valence-electron chi connectivity index (χ3n) is 5.68. The van der Waals surface area contributed by atoms with Crippen LogP contribution in [0.25, 0.3) is 0 Å². The van der Waals surface area contributed by atoms with Gasteiger partial charge in [-0.25, -0.2) is 0 Å². The van der Waals surface area contributed by atoms with Crippen LogP contribution in [0.1, 0.15) is 61.2 Å². The fraction of sp³-hybridized carbons (Fsp3) is 0.346. The molecule has 0 unspecified atom stereocenters. The van der Waals surface area contributed by atoms with E-state index in [-0.39, 0.29) is 40.5 Å². The molecule has 0 radical (unpaired) electrons. The van der Waals surface area contributed by atoms with Crippen LogP contribution in [-0.4, -0.2) is 39.4 Å². The van der Waals surface area contributed by atoms with Crippen LogP contribution in [0.2, 0.25) is 0 Å². The molecule has 176 valence electrons. The molecule has 0 fully saturated rings. The Kier molecular flexibility index (Phi) is 7.33. The summed E-state index contributed by atoms with van der Waals surface area (Å²) in [5.74, 6) is -1.27. The van der Waals surface area contributed by atoms with Crippen LogP contribution in [0.4, 0.5) is 0 Å². The molecule has 2 aromatic carbocycles. The number of ketones is 1. The van der Waals surface area contributed by atoms with Crippen LogP contribution < -0.4 is 9.47 Å². The number of carbonyl (C=O) groups is 1. The molecule has 4 N–H and O–H groups in total. The summed E-state index contributed by atoms with van der Waals surface area (Å²) in [5, 5.41) is 41.8. The van der Waals surface area contributed by atoms with Gasteiger partial charge in [-0.2, -0.15) is 0 Å². The first-order chi connectivity index (χ1) is 15.6. The van der Waals surface area contributed by atoms with Gasteiger partial charge >= 0.3 is 0 Å². The number of allylic oxidation sites excluding steroid dienone is 4. The van der Waals surface area contributed by atoms with Gasteiger partial charge in [0.1, 0.15) is 22.8 Å². The van der Waals surface area contributed by atoms with Gasteiger partial charge in [0, 0.05) is 11.6 Å². The lowest BCUT2D eigenvalue weighted by Gasteiger charge is -2.31. The second-order valence-corrected chi connectivity index (χ2v) is 8.45. The molecular weight excluding hydrogens is 424 g/mol. The molecule has 0 bridgehead atoms. The largest absolute Gasteiger partial charge is 0.507 e. The van der Waals surface area contributed by atoms with Crippen LogP contribution in [0.3, 0.4) is 0 Å². The highest BCUT2D eigenvalue weighted by Gasteiger charge is 2.40. The quantitative estimate of drug-likeness (QED) is 0.447. The average Bonchev–Trinajstić information content (AvgIpc) is 2.76. The number of fused-ring (bicyclic) bond motifs is 1. The fourth-order valence-corrected chi connectivity index (χ4v) is 3.78. The van der Waals surface area contributed by atoms with Crippen molar-refractivity contribution in [1.29, 1.82) is 0 Å². The van der Waals surface area contributed by atoms with Crippen LogP contribution in [-0.2, 0) is 6.42 Å². The lowest BCUT2D eigenvalue weighted by Crippen LogP contribution is -2.36. The Morgan fingerprint density at radius 1 is 1.09 bits per heavy atom. The third-order valence-corrected chi connectivity index (χ3v) is 5.68. The van der Waals surface area contributed by atoms with Crippen molar-refractivity contribution in [3.05, 3.63) is 64.3 Å². The van der Waals surface area contributed by atoms with Gasteiger partial charge in [-0.05, 0) is 57.7 Å². The van der Waals surface area contributed by atoms with Crippen molar-refractivity contribution < 1.29 is 34.7 Å². The maximum absolute atomic E-state index is 13.0. The molecule has 1 aliphatic heterocycles. The van der Waals surface area contributed by atoms with Crippen LogP contribution >= 0.6 is 0 Å². The van der Waals surface area contributed by atoms with Crippen molar-refractivity contribution in [2.45, 2.75) is 52.2 Å². The van der Waals surface area contributed by atoms with Gasteiger partial charge in [0.05, 0.1) is 7.11 Å². The summed E-state index contributed by atoms with van der Waals surface area (Å²) in [5.41, 5.74) is 2.77. The number of aromatic hydroxyl groups is 3. The predicted molar refractivity (Wildman–Crippen MR) is 124 cm³/mol. The Bertz CT molecular complexity index is 1110. The van der Waals surface area contributed by atoms with Crippen molar-refractivity contribution in [1.82, 2.24) is 0 Å². The van der Waals surface area contributed by atoms with E-state index in [1.807, 2.05) is 26.8 Å². The van der Waals surface area contributed by atoms with Crippen LogP contribution in [0.15, 0.2) is 47.6 Å². The Morgan fingerprint density at radius 2 is 1.82 bits per heavy atom. The molecule has 1 heterocycles. The summed E-state index contributed by atoms with van der Waals surface area (Å²) < 4.78 is 10.9. The average molecular weight is 455 g/mol. The number of phenolic OH excluding ortho intramolecular Hbond substituents is 3. The van der Waals surface area contributed by atoms with Gasteiger partial charge < -0.3 is 29.9 Å². The van der Waals surface area contributed by atoms with Gasteiger partial charge in [-0.1, -0.05) is 29.4 Å². The Hall–Kier alpha value is -3.45. The molecule has 0 saturated carbocycles. The van der Waals surface area contributed by atoms with Crippen molar-refractivity contribution >= 4 is 5.78 Å². The molecule has 7 heteroatoms. The topological polar surface area (TPSA) is 116 Å². The SMILES string of the molecule is COc1cc([C@@H]2Oc3cc(O)c(C/C=C(\C)CCC=C(C)C)c(O)c3C(=O)[C@@H]2O)ccc1O. The molecule has 0 saturated heterocycles. The first-order valence-electron chi connectivity index (χ1n) is 10.8. The zero-order chi connectivity index (χ0) is 24.3. The lowest BCUT2D eigenvalue weighted by molar-refractivity contribution is 0.0209. The molecule has 0 aliphatic carbocycles. The van der Waals surface area contributed by atoms with E-state index in [1.165, 1.54) is 36.9 Å². The van der Waals surface area contributed by atoms with Crippen molar-refractivity contribution in [2.75, 3.05) is 7.11 Å². The summed E-state index contributed by atoms with van der Waals surface area (Å²) in [4.78, 5) is 13.0. The fourth-order valence-electron chi connectivity index (χ4n) is 3.78. The number of hydrogen-bond donors (Lipinski definition) is 4. The summed E-state index contributed by atoms with van der Waals surface area (Å²) in [6.07, 6.45) is 3.33. The number of phenols is 3. The molecule has 0 aromatic heterocycles. The van der Waals surface area contributed by atoms with Crippen molar-refractivity contribution in [2.24, 2.45) is 0 Å². The number of carbonyl (C=O) groups excluding carboxylic acids is 1. The van der Waals surface area contributed by atoms with E-state index in [9.17, 15) is 25.2 Å². The third kappa shape index (κ3) is 5.14. The monoisotopic (exact) mass is 454 g/mol. The number of benzene rings is 2.